The summed E-state index contributed by atoms with van der Waals surface area (Å²) in [7, 11) is 0. The van der Waals surface area contributed by atoms with Crippen LogP contribution < -0.4 is 5.73 Å². The first-order chi connectivity index (χ1) is 11.4. The summed E-state index contributed by atoms with van der Waals surface area (Å²) in [6.07, 6.45) is -0.274. The van der Waals surface area contributed by atoms with Crippen LogP contribution in [0.4, 0.5) is 0 Å². The molecule has 1 saturated heterocycles. The molecule has 2 N–H and O–H groups in total. The lowest BCUT2D eigenvalue weighted by atomic mass is 9.94. The Labute approximate surface area is 148 Å². The lowest BCUT2D eigenvalue weighted by Gasteiger charge is -2.26. The van der Waals surface area contributed by atoms with E-state index in [4.69, 9.17) is 38.4 Å². The van der Waals surface area contributed by atoms with Gasteiger partial charge in [-0.25, -0.2) is 4.99 Å². The van der Waals surface area contributed by atoms with Gasteiger partial charge in [-0.1, -0.05) is 29.3 Å². The third-order valence-electron chi connectivity index (χ3n) is 5.09. The van der Waals surface area contributed by atoms with Crippen LogP contribution in [0.3, 0.4) is 0 Å². The molecule has 1 spiro atoms. The van der Waals surface area contributed by atoms with Gasteiger partial charge in [0.05, 0.1) is 24.8 Å². The zero-order chi connectivity index (χ0) is 17.3. The molecule has 0 bridgehead atoms. The van der Waals surface area contributed by atoms with Gasteiger partial charge in [0.15, 0.2) is 5.41 Å². The van der Waals surface area contributed by atoms with Gasteiger partial charge in [0.25, 0.3) is 5.91 Å². The van der Waals surface area contributed by atoms with Crippen molar-refractivity contribution in [2.75, 3.05) is 6.61 Å². The van der Waals surface area contributed by atoms with E-state index >= 15 is 0 Å². The Morgan fingerprint density at radius 1 is 1.29 bits per heavy atom. The van der Waals surface area contributed by atoms with Gasteiger partial charge in [0, 0.05) is 16.0 Å². The Morgan fingerprint density at radius 2 is 1.96 bits per heavy atom. The summed E-state index contributed by atoms with van der Waals surface area (Å²) in [5.74, 6) is -2.26. The third kappa shape index (κ3) is 1.42. The smallest absolute Gasteiger partial charge is 0.293 e. The fraction of sp³-hybridized carbons (Fsp3) is 0.438. The zero-order valence-corrected chi connectivity index (χ0v) is 14.1. The predicted molar refractivity (Wildman–Crippen MR) is 86.1 cm³/mol. The van der Waals surface area contributed by atoms with Crippen molar-refractivity contribution in [3.63, 3.8) is 0 Å². The number of fused-ring (bicyclic) bond motifs is 2. The lowest BCUT2D eigenvalue weighted by molar-refractivity contribution is -0.193. The van der Waals surface area contributed by atoms with Crippen LogP contribution in [0.5, 0.6) is 0 Å². The van der Waals surface area contributed by atoms with E-state index in [-0.39, 0.29) is 18.5 Å². The van der Waals surface area contributed by atoms with Crippen molar-refractivity contribution in [1.82, 2.24) is 0 Å². The van der Waals surface area contributed by atoms with Crippen LogP contribution in [0, 0.1) is 33.5 Å². The molecule has 1 aromatic rings. The number of aliphatic imine (C=N–C) groups is 1. The van der Waals surface area contributed by atoms with E-state index in [2.05, 4.69) is 17.1 Å². The molecule has 3 aliphatic rings. The molecule has 1 saturated carbocycles. The fourth-order valence-electron chi connectivity index (χ4n) is 4.08. The highest BCUT2D eigenvalue weighted by molar-refractivity contribution is 6.36. The Bertz CT molecular complexity index is 856. The number of benzene rings is 1. The average Bonchev–Trinajstić information content (AvgIpc) is 2.89. The van der Waals surface area contributed by atoms with Crippen molar-refractivity contribution in [3.8, 4) is 12.1 Å². The molecule has 0 radical (unpaired) electrons. The van der Waals surface area contributed by atoms with Gasteiger partial charge < -0.3 is 15.2 Å². The minimum atomic E-state index is -1.60. The van der Waals surface area contributed by atoms with Gasteiger partial charge in [-0.15, -0.1) is 0 Å². The maximum absolute atomic E-state index is 10.0. The molecule has 0 amide bonds. The van der Waals surface area contributed by atoms with Gasteiger partial charge in [-0.3, -0.25) is 0 Å². The second-order valence-electron chi connectivity index (χ2n) is 6.23. The molecule has 8 heteroatoms. The van der Waals surface area contributed by atoms with Crippen LogP contribution in [0.25, 0.3) is 0 Å². The maximum Gasteiger partial charge on any atom is 0.293 e. The van der Waals surface area contributed by atoms with Gasteiger partial charge in [-0.05, 0) is 24.6 Å². The topological polar surface area (TPSA) is 104 Å². The van der Waals surface area contributed by atoms with E-state index in [1.807, 2.05) is 0 Å². The molecule has 1 aromatic carbocycles. The summed E-state index contributed by atoms with van der Waals surface area (Å²) in [4.78, 5) is 4.24. The summed E-state index contributed by atoms with van der Waals surface area (Å²) in [6, 6.07) is 9.39. The molecule has 5 atom stereocenters. The van der Waals surface area contributed by atoms with Crippen molar-refractivity contribution >= 4 is 29.0 Å². The van der Waals surface area contributed by atoms with Crippen LogP contribution in [-0.2, 0) is 9.47 Å². The van der Waals surface area contributed by atoms with Crippen molar-refractivity contribution in [2.45, 2.75) is 24.9 Å². The van der Waals surface area contributed by atoms with E-state index in [0.29, 0.717) is 15.6 Å². The van der Waals surface area contributed by atoms with Crippen LogP contribution in [-0.4, -0.2) is 24.5 Å². The Hall–Kier alpha value is -1.83. The van der Waals surface area contributed by atoms with Crippen LogP contribution in [0.15, 0.2) is 23.2 Å². The van der Waals surface area contributed by atoms with Crippen LogP contribution in [0.2, 0.25) is 10.0 Å². The molecule has 122 valence electrons. The highest BCUT2D eigenvalue weighted by atomic mass is 35.5. The quantitative estimate of drug-likeness (QED) is 0.826. The zero-order valence-electron chi connectivity index (χ0n) is 12.6. The molecule has 0 unspecified atom stereocenters. The van der Waals surface area contributed by atoms with E-state index in [9.17, 15) is 10.5 Å². The van der Waals surface area contributed by atoms with Crippen molar-refractivity contribution in [1.29, 1.82) is 10.5 Å². The van der Waals surface area contributed by atoms with E-state index < -0.39 is 22.7 Å². The maximum atomic E-state index is 10.0. The number of nitrogens with zero attached hydrogens (tertiary/aromatic N) is 3. The van der Waals surface area contributed by atoms with Gasteiger partial charge in [-0.2, -0.15) is 10.5 Å². The molecule has 0 aromatic heterocycles. The SMILES string of the molecule is C[C@@H]1CO[C@@]2(N=C(N)[C@@]3(C#N)[C@@H](c4c(Cl)cccc4Cl)[C@@]23C#N)O1. The highest BCUT2D eigenvalue weighted by Gasteiger charge is 2.94. The first-order valence-corrected chi connectivity index (χ1v) is 8.10. The summed E-state index contributed by atoms with van der Waals surface area (Å²) in [5.41, 5.74) is 3.78. The Kier molecular flexibility index (Phi) is 3.02. The third-order valence-corrected chi connectivity index (χ3v) is 5.75. The van der Waals surface area contributed by atoms with E-state index in [0.717, 1.165) is 0 Å². The summed E-state index contributed by atoms with van der Waals surface area (Å²) in [6.45, 7) is 2.06. The number of rotatable bonds is 1. The molecule has 4 rings (SSSR count). The normalized spacial score (nSPS) is 42.3. The van der Waals surface area contributed by atoms with Crippen molar-refractivity contribution < 1.29 is 9.47 Å². The lowest BCUT2D eigenvalue weighted by Crippen LogP contribution is -2.39. The number of nitrogens with two attached hydrogens (primary N) is 1. The van der Waals surface area contributed by atoms with E-state index in [1.54, 1.807) is 25.1 Å². The summed E-state index contributed by atoms with van der Waals surface area (Å²) in [5, 5.41) is 20.7. The van der Waals surface area contributed by atoms with Gasteiger partial charge in [0.2, 0.25) is 0 Å². The molecule has 2 aliphatic heterocycles. The molecule has 24 heavy (non-hydrogen) atoms. The molecular weight excluding hydrogens is 351 g/mol. The predicted octanol–water partition coefficient (Wildman–Crippen LogP) is 2.57. The molecular formula is C16H12Cl2N4O2. The summed E-state index contributed by atoms with van der Waals surface area (Å²) >= 11 is 12.6. The number of hydrogen-bond donors (Lipinski definition) is 1. The average molecular weight is 363 g/mol. The second kappa shape index (κ2) is 4.62. The highest BCUT2D eigenvalue weighted by Crippen LogP contribution is 2.83. The van der Waals surface area contributed by atoms with Gasteiger partial charge >= 0.3 is 0 Å². The van der Waals surface area contributed by atoms with Gasteiger partial charge in [0.1, 0.15) is 11.3 Å². The summed E-state index contributed by atoms with van der Waals surface area (Å²) < 4.78 is 11.6. The molecule has 2 fully saturated rings. The standard InChI is InChI=1S/C16H12Cl2N4O2/c1-8-5-23-16(24-8)15(7-20)12(14(15,6-19)13(21)22-16)11-9(17)3-2-4-10(11)18/h2-4,8,12H,5H2,1H3,(H2,21,22)/t8-,12-,14-,15-,16-/m1/s1. The minimum absolute atomic E-state index is 0.0154. The minimum Gasteiger partial charge on any atom is -0.386 e. The van der Waals surface area contributed by atoms with Crippen molar-refractivity contribution in [2.24, 2.45) is 21.6 Å². The van der Waals surface area contributed by atoms with Crippen molar-refractivity contribution in [3.05, 3.63) is 33.8 Å². The molecule has 1 aliphatic carbocycles. The van der Waals surface area contributed by atoms with Crippen LogP contribution >= 0.6 is 23.2 Å². The fourth-order valence-corrected chi connectivity index (χ4v) is 4.70. The number of halogens is 2. The second-order valence-corrected chi connectivity index (χ2v) is 7.04. The largest absolute Gasteiger partial charge is 0.386 e. The number of ether oxygens (including phenoxy) is 2. The number of hydrogen-bond acceptors (Lipinski definition) is 6. The molecule has 2 heterocycles. The Morgan fingerprint density at radius 3 is 2.46 bits per heavy atom. The molecule has 6 nitrogen and oxygen atoms in total. The first kappa shape index (κ1) is 15.7. The van der Waals surface area contributed by atoms with Crippen LogP contribution in [0.1, 0.15) is 18.4 Å². The first-order valence-electron chi connectivity index (χ1n) is 7.34. The number of amidine groups is 1. The monoisotopic (exact) mass is 362 g/mol. The van der Waals surface area contributed by atoms with E-state index in [1.165, 1.54) is 0 Å². The number of nitriles is 2. The Balaban J connectivity index is 1.98.